The highest BCUT2D eigenvalue weighted by Crippen LogP contribution is 2.38. The maximum Gasteiger partial charge on any atom is 0.291 e. The van der Waals surface area contributed by atoms with Gasteiger partial charge in [-0.3, -0.25) is 4.57 Å². The number of benzene rings is 2. The third-order valence-corrected chi connectivity index (χ3v) is 4.15. The number of rotatable bonds is 2. The number of hydrogen-bond acceptors (Lipinski definition) is 1. The van der Waals surface area contributed by atoms with E-state index in [0.29, 0.717) is 10.6 Å². The summed E-state index contributed by atoms with van der Waals surface area (Å²) in [4.78, 5) is 12.1. The molecule has 0 heterocycles. The Hall–Kier alpha value is -1.37. The van der Waals surface area contributed by atoms with Crippen LogP contribution in [0.2, 0.25) is 0 Å². The lowest BCUT2D eigenvalue weighted by molar-refractivity contribution is 0.431. The van der Waals surface area contributed by atoms with Crippen molar-refractivity contribution in [1.82, 2.24) is 0 Å². The molecule has 75 valence electrons. The fraction of sp³-hybridized carbons (Fsp3) is 0. The first-order valence-electron chi connectivity index (χ1n) is 4.63. The molecular formula is C12H10O2P. The zero-order chi connectivity index (χ0) is 10.7. The Morgan fingerprint density at radius 2 is 1.00 bits per heavy atom. The molecule has 1 radical (unpaired) electrons. The summed E-state index contributed by atoms with van der Waals surface area (Å²) in [5, 5.41) is 0.715. The molecule has 0 fully saturated rings. The Balaban J connectivity index is 2.50. The molecule has 0 atom stereocenters. The molecule has 0 aromatic heterocycles. The van der Waals surface area contributed by atoms with Gasteiger partial charge in [-0.25, -0.2) is 0 Å². The monoisotopic (exact) mass is 217 g/mol. The minimum absolute atomic E-state index is 0.358. The smallest absolute Gasteiger partial charge is 0.280 e. The molecule has 2 nitrogen and oxygen atoms in total. The van der Waals surface area contributed by atoms with E-state index in [9.17, 15) is 9.46 Å². The Morgan fingerprint density at radius 1 is 0.667 bits per heavy atom. The Kier molecular flexibility index (Phi) is 2.72. The van der Waals surface area contributed by atoms with E-state index in [1.807, 2.05) is 0 Å². The Bertz CT molecular complexity index is 436. The Morgan fingerprint density at radius 3 is 1.33 bits per heavy atom. The molecule has 2 rings (SSSR count). The van der Waals surface area contributed by atoms with Crippen LogP contribution in [0.15, 0.2) is 60.7 Å². The fourth-order valence-electron chi connectivity index (χ4n) is 1.40. The Labute approximate surface area is 88.7 Å². The summed E-state index contributed by atoms with van der Waals surface area (Å²) >= 11 is 0. The van der Waals surface area contributed by atoms with Crippen LogP contribution in [0, 0.1) is 0 Å². The van der Waals surface area contributed by atoms with Crippen LogP contribution in [0.3, 0.4) is 0 Å². The zero-order valence-corrected chi connectivity index (χ0v) is 8.93. The fourth-order valence-corrected chi connectivity index (χ4v) is 2.82. The maximum atomic E-state index is 12.1. The quantitative estimate of drug-likeness (QED) is 0.711. The largest absolute Gasteiger partial charge is 0.291 e. The van der Waals surface area contributed by atoms with Gasteiger partial charge in [-0.2, -0.15) is 4.89 Å². The van der Waals surface area contributed by atoms with Gasteiger partial charge in [0.25, 0.3) is 7.37 Å². The predicted molar refractivity (Wildman–Crippen MR) is 60.4 cm³/mol. The molecule has 2 aromatic carbocycles. The van der Waals surface area contributed by atoms with Crippen LogP contribution in [-0.2, 0) is 9.46 Å². The topological polar surface area (TPSA) is 37.0 Å². The van der Waals surface area contributed by atoms with Gasteiger partial charge in [-0.15, -0.1) is 0 Å². The molecule has 0 aliphatic carbocycles. The van der Waals surface area contributed by atoms with Crippen LogP contribution >= 0.6 is 7.37 Å². The summed E-state index contributed by atoms with van der Waals surface area (Å²) in [6, 6.07) is 16.9. The molecular weight excluding hydrogens is 207 g/mol. The second kappa shape index (κ2) is 4.01. The van der Waals surface area contributed by atoms with Gasteiger partial charge in [-0.1, -0.05) is 36.4 Å². The van der Waals surface area contributed by atoms with Crippen molar-refractivity contribution in [2.24, 2.45) is 0 Å². The van der Waals surface area contributed by atoms with Crippen LogP contribution in [0.5, 0.6) is 0 Å². The van der Waals surface area contributed by atoms with Gasteiger partial charge in [0.05, 0.1) is 0 Å². The molecule has 0 unspecified atom stereocenters. The van der Waals surface area contributed by atoms with E-state index in [0.717, 1.165) is 0 Å². The average Bonchev–Trinajstić information content (AvgIpc) is 2.31. The van der Waals surface area contributed by atoms with Crippen molar-refractivity contribution in [2.75, 3.05) is 0 Å². The second-order valence-corrected chi connectivity index (χ2v) is 5.36. The van der Waals surface area contributed by atoms with Gasteiger partial charge >= 0.3 is 0 Å². The summed E-state index contributed by atoms with van der Waals surface area (Å²) in [5.41, 5.74) is 0. The predicted octanol–water partition coefficient (Wildman–Crippen LogP) is 2.35. The van der Waals surface area contributed by atoms with E-state index in [4.69, 9.17) is 0 Å². The van der Waals surface area contributed by atoms with Crippen molar-refractivity contribution >= 4 is 18.0 Å². The molecule has 15 heavy (non-hydrogen) atoms. The van der Waals surface area contributed by atoms with Crippen LogP contribution in [0.1, 0.15) is 0 Å². The molecule has 0 spiro atoms. The first kappa shape index (κ1) is 10.2. The standard InChI is InChI=1S/C12H10O2P/c13-15(14,11-7-3-1-4-8-11)12-9-5-2-6-10-12/h1-10H. The van der Waals surface area contributed by atoms with Crippen molar-refractivity contribution < 1.29 is 9.46 Å². The highest BCUT2D eigenvalue weighted by atomic mass is 31.2. The van der Waals surface area contributed by atoms with Crippen LogP contribution in [0.4, 0.5) is 0 Å². The van der Waals surface area contributed by atoms with Crippen molar-refractivity contribution in [1.29, 1.82) is 0 Å². The van der Waals surface area contributed by atoms with Gasteiger partial charge in [0.15, 0.2) is 0 Å². The molecule has 0 bridgehead atoms. The maximum absolute atomic E-state index is 12.1. The summed E-state index contributed by atoms with van der Waals surface area (Å²) in [5.74, 6) is 0. The van der Waals surface area contributed by atoms with Crippen molar-refractivity contribution in [3.8, 4) is 0 Å². The van der Waals surface area contributed by atoms with Crippen molar-refractivity contribution in [3.63, 3.8) is 0 Å². The van der Waals surface area contributed by atoms with E-state index in [1.54, 1.807) is 60.7 Å². The molecule has 3 heteroatoms. The van der Waals surface area contributed by atoms with E-state index < -0.39 is 7.37 Å². The average molecular weight is 217 g/mol. The van der Waals surface area contributed by atoms with E-state index in [-0.39, 0.29) is 0 Å². The van der Waals surface area contributed by atoms with E-state index in [2.05, 4.69) is 0 Å². The summed E-state index contributed by atoms with van der Waals surface area (Å²) in [7, 11) is -3.65. The van der Waals surface area contributed by atoms with Gasteiger partial charge in [0.2, 0.25) is 0 Å². The summed E-state index contributed by atoms with van der Waals surface area (Å²) in [6.45, 7) is 0. The lowest BCUT2D eigenvalue weighted by Gasteiger charge is -2.08. The second-order valence-electron chi connectivity index (χ2n) is 3.22. The van der Waals surface area contributed by atoms with Crippen LogP contribution < -0.4 is 10.6 Å². The minimum Gasteiger partial charge on any atom is -0.280 e. The first-order chi connectivity index (χ1) is 7.21. The van der Waals surface area contributed by atoms with Gasteiger partial charge in [0.1, 0.15) is 0 Å². The normalized spacial score (nSPS) is 11.3. The molecule has 0 saturated carbocycles. The molecule has 0 N–H and O–H groups in total. The highest BCUT2D eigenvalue weighted by Gasteiger charge is 2.25. The number of hydrogen-bond donors (Lipinski definition) is 0. The third-order valence-electron chi connectivity index (χ3n) is 2.19. The zero-order valence-electron chi connectivity index (χ0n) is 8.04. The molecule has 2 aromatic rings. The van der Waals surface area contributed by atoms with Gasteiger partial charge < -0.3 is 0 Å². The SMILES string of the molecule is [O]P(=O)(c1ccccc1)c1ccccc1. The van der Waals surface area contributed by atoms with E-state index >= 15 is 0 Å². The van der Waals surface area contributed by atoms with Crippen molar-refractivity contribution in [2.45, 2.75) is 0 Å². The van der Waals surface area contributed by atoms with E-state index in [1.165, 1.54) is 0 Å². The summed E-state index contributed by atoms with van der Waals surface area (Å²) < 4.78 is 12.1. The lowest BCUT2D eigenvalue weighted by atomic mass is 10.4. The molecule has 0 amide bonds. The highest BCUT2D eigenvalue weighted by molar-refractivity contribution is 7.73. The first-order valence-corrected chi connectivity index (χ1v) is 6.26. The minimum atomic E-state index is -3.65. The van der Waals surface area contributed by atoms with Crippen LogP contribution in [-0.4, -0.2) is 0 Å². The van der Waals surface area contributed by atoms with Gasteiger partial charge in [-0.05, 0) is 24.3 Å². The van der Waals surface area contributed by atoms with Gasteiger partial charge in [0, 0.05) is 10.6 Å². The lowest BCUT2D eigenvalue weighted by Crippen LogP contribution is -2.13. The van der Waals surface area contributed by atoms with Crippen LogP contribution in [0.25, 0.3) is 0 Å². The molecule has 0 aliphatic rings. The third kappa shape index (κ3) is 2.01. The van der Waals surface area contributed by atoms with Crippen molar-refractivity contribution in [3.05, 3.63) is 60.7 Å². The molecule has 0 saturated heterocycles. The molecule has 0 aliphatic heterocycles. The summed E-state index contributed by atoms with van der Waals surface area (Å²) in [6.07, 6.45) is 0.